The van der Waals surface area contributed by atoms with E-state index in [4.69, 9.17) is 14.2 Å². The SMILES string of the molecule is COc1ccc(C(C)(C)c2ccc(Oc3ccc(C(=O)c4ccc(C(=O)c5ccc(C)cc5)c5c4C(OCc4ccccc4)C5)cc3)cc2)cc1. The summed E-state index contributed by atoms with van der Waals surface area (Å²) in [5, 5.41) is 0. The van der Waals surface area contributed by atoms with E-state index in [-0.39, 0.29) is 23.1 Å². The van der Waals surface area contributed by atoms with Crippen LogP contribution in [0.25, 0.3) is 0 Å². The first-order valence-electron chi connectivity index (χ1n) is 17.2. The summed E-state index contributed by atoms with van der Waals surface area (Å²) in [7, 11) is 1.67. The second-order valence-corrected chi connectivity index (χ2v) is 13.6. The molecule has 5 heteroatoms. The molecule has 0 amide bonds. The van der Waals surface area contributed by atoms with Gasteiger partial charge in [0.1, 0.15) is 17.2 Å². The summed E-state index contributed by atoms with van der Waals surface area (Å²) < 4.78 is 17.8. The Morgan fingerprint density at radius 1 is 0.627 bits per heavy atom. The van der Waals surface area contributed by atoms with Crippen LogP contribution in [0.1, 0.15) is 85.2 Å². The van der Waals surface area contributed by atoms with Gasteiger partial charge in [-0.2, -0.15) is 0 Å². The Bertz CT molecular complexity index is 2160. The highest BCUT2D eigenvalue weighted by molar-refractivity contribution is 6.14. The molecule has 0 spiro atoms. The van der Waals surface area contributed by atoms with Gasteiger partial charge in [0.15, 0.2) is 11.6 Å². The van der Waals surface area contributed by atoms with E-state index in [1.54, 1.807) is 31.4 Å². The Hall–Kier alpha value is -5.78. The lowest BCUT2D eigenvalue weighted by molar-refractivity contribution is 0.0234. The number of hydrogen-bond donors (Lipinski definition) is 0. The Balaban J connectivity index is 1.09. The van der Waals surface area contributed by atoms with Crippen LogP contribution in [-0.4, -0.2) is 18.7 Å². The van der Waals surface area contributed by atoms with Crippen molar-refractivity contribution in [3.05, 3.63) is 195 Å². The molecule has 6 aromatic carbocycles. The zero-order valence-electron chi connectivity index (χ0n) is 29.3. The number of hydrogen-bond acceptors (Lipinski definition) is 5. The van der Waals surface area contributed by atoms with E-state index in [2.05, 4.69) is 38.1 Å². The summed E-state index contributed by atoms with van der Waals surface area (Å²) in [6.45, 7) is 6.81. The molecule has 0 bridgehead atoms. The average Bonchev–Trinajstić information content (AvgIpc) is 3.15. The van der Waals surface area contributed by atoms with E-state index in [9.17, 15) is 9.59 Å². The first-order chi connectivity index (χ1) is 24.7. The first kappa shape index (κ1) is 33.7. The fourth-order valence-electron chi connectivity index (χ4n) is 6.67. The smallest absolute Gasteiger partial charge is 0.193 e. The molecule has 7 rings (SSSR count). The van der Waals surface area contributed by atoms with E-state index < -0.39 is 0 Å². The van der Waals surface area contributed by atoms with Gasteiger partial charge >= 0.3 is 0 Å². The zero-order chi connectivity index (χ0) is 35.5. The van der Waals surface area contributed by atoms with Crippen LogP contribution in [0.3, 0.4) is 0 Å². The molecule has 0 aliphatic heterocycles. The normalized spacial score (nSPS) is 13.5. The van der Waals surface area contributed by atoms with Crippen molar-refractivity contribution in [1.82, 2.24) is 0 Å². The summed E-state index contributed by atoms with van der Waals surface area (Å²) in [5.74, 6) is 2.00. The summed E-state index contributed by atoms with van der Waals surface area (Å²) in [4.78, 5) is 27.6. The van der Waals surface area contributed by atoms with Crippen molar-refractivity contribution in [2.75, 3.05) is 7.11 Å². The molecule has 0 saturated heterocycles. The molecule has 1 aliphatic carbocycles. The molecule has 1 unspecified atom stereocenters. The number of carbonyl (C=O) groups excluding carboxylic acids is 2. The third kappa shape index (κ3) is 6.99. The maximum atomic E-state index is 14.0. The van der Waals surface area contributed by atoms with Gasteiger partial charge in [0.05, 0.1) is 19.8 Å². The van der Waals surface area contributed by atoms with Crippen molar-refractivity contribution in [3.63, 3.8) is 0 Å². The van der Waals surface area contributed by atoms with Crippen LogP contribution in [0.2, 0.25) is 0 Å². The van der Waals surface area contributed by atoms with Gasteiger partial charge in [-0.1, -0.05) is 104 Å². The van der Waals surface area contributed by atoms with Gasteiger partial charge in [0.25, 0.3) is 0 Å². The predicted octanol–water partition coefficient (Wildman–Crippen LogP) is 10.4. The number of methoxy groups -OCH3 is 1. The number of carbonyl (C=O) groups is 2. The summed E-state index contributed by atoms with van der Waals surface area (Å²) in [6.07, 6.45) is 0.282. The van der Waals surface area contributed by atoms with Gasteiger partial charge in [0.2, 0.25) is 0 Å². The average molecular weight is 673 g/mol. The molecule has 0 aromatic heterocycles. The first-order valence-corrected chi connectivity index (χ1v) is 17.2. The van der Waals surface area contributed by atoms with Crippen molar-refractivity contribution < 1.29 is 23.8 Å². The second kappa shape index (κ2) is 14.2. The number of ketones is 2. The van der Waals surface area contributed by atoms with Crippen molar-refractivity contribution in [1.29, 1.82) is 0 Å². The third-order valence-corrected chi connectivity index (χ3v) is 9.91. The number of benzene rings is 6. The van der Waals surface area contributed by atoms with Gasteiger partial charge in [-0.05, 0) is 89.3 Å². The Morgan fingerprint density at radius 3 is 1.73 bits per heavy atom. The van der Waals surface area contributed by atoms with Gasteiger partial charge in [-0.3, -0.25) is 9.59 Å². The number of fused-ring (bicyclic) bond motifs is 1. The summed E-state index contributed by atoms with van der Waals surface area (Å²) in [5.41, 5.74) is 8.30. The zero-order valence-corrected chi connectivity index (χ0v) is 29.3. The van der Waals surface area contributed by atoms with Crippen molar-refractivity contribution in [2.24, 2.45) is 0 Å². The van der Waals surface area contributed by atoms with E-state index in [1.165, 1.54) is 5.56 Å². The van der Waals surface area contributed by atoms with Crippen LogP contribution in [0, 0.1) is 6.92 Å². The van der Waals surface area contributed by atoms with E-state index in [0.717, 1.165) is 33.6 Å². The largest absolute Gasteiger partial charge is 0.497 e. The quantitative estimate of drug-likeness (QED) is 0.121. The molecule has 1 aliphatic rings. The lowest BCUT2D eigenvalue weighted by Gasteiger charge is -2.34. The Labute approximate surface area is 299 Å². The molecular formula is C46H40O5. The van der Waals surface area contributed by atoms with E-state index in [1.807, 2.05) is 97.9 Å². The fraction of sp³-hybridized carbons (Fsp3) is 0.174. The van der Waals surface area contributed by atoms with Gasteiger partial charge < -0.3 is 14.2 Å². The highest BCUT2D eigenvalue weighted by atomic mass is 16.5. The molecule has 254 valence electrons. The molecular weight excluding hydrogens is 633 g/mol. The second-order valence-electron chi connectivity index (χ2n) is 13.6. The van der Waals surface area contributed by atoms with Crippen LogP contribution in [-0.2, 0) is 23.2 Å². The minimum Gasteiger partial charge on any atom is -0.497 e. The minimum absolute atomic E-state index is 0.0504. The maximum Gasteiger partial charge on any atom is 0.193 e. The highest BCUT2D eigenvalue weighted by Gasteiger charge is 2.36. The third-order valence-electron chi connectivity index (χ3n) is 9.91. The Morgan fingerprint density at radius 2 is 1.14 bits per heavy atom. The molecule has 0 fully saturated rings. The van der Waals surface area contributed by atoms with Gasteiger partial charge in [-0.15, -0.1) is 0 Å². The molecule has 5 nitrogen and oxygen atoms in total. The number of ether oxygens (including phenoxy) is 3. The van der Waals surface area contributed by atoms with Crippen LogP contribution in [0.4, 0.5) is 0 Å². The lowest BCUT2D eigenvalue weighted by atomic mass is 9.75. The van der Waals surface area contributed by atoms with E-state index in [0.29, 0.717) is 46.8 Å². The van der Waals surface area contributed by atoms with Crippen LogP contribution < -0.4 is 9.47 Å². The molecule has 1 atom stereocenters. The minimum atomic E-state index is -0.287. The van der Waals surface area contributed by atoms with E-state index >= 15 is 0 Å². The monoisotopic (exact) mass is 672 g/mol. The van der Waals surface area contributed by atoms with Crippen molar-refractivity contribution >= 4 is 11.6 Å². The number of aryl methyl sites for hydroxylation is 1. The van der Waals surface area contributed by atoms with Crippen molar-refractivity contribution in [2.45, 2.75) is 45.3 Å². The summed E-state index contributed by atoms with van der Waals surface area (Å²) >= 11 is 0. The van der Waals surface area contributed by atoms with Gasteiger partial charge in [0, 0.05) is 34.1 Å². The van der Waals surface area contributed by atoms with Crippen LogP contribution >= 0.6 is 0 Å². The molecule has 51 heavy (non-hydrogen) atoms. The standard InChI is InChI=1S/C46H40O5/c1-30-10-12-32(13-11-30)44(47)39-26-27-40(43-41(39)28-42(43)50-29-31-8-6-5-7-9-31)45(48)33-14-20-37(21-15-33)51-38-24-18-35(19-25-38)46(2,3)34-16-22-36(49-4)23-17-34/h5-27,42H,28-29H2,1-4H3. The highest BCUT2D eigenvalue weighted by Crippen LogP contribution is 2.43. The summed E-state index contributed by atoms with van der Waals surface area (Å²) in [6, 6.07) is 44.6. The van der Waals surface area contributed by atoms with Crippen LogP contribution in [0.5, 0.6) is 17.2 Å². The topological polar surface area (TPSA) is 61.8 Å². The van der Waals surface area contributed by atoms with Crippen LogP contribution in [0.15, 0.2) is 140 Å². The molecule has 0 heterocycles. The van der Waals surface area contributed by atoms with Crippen molar-refractivity contribution in [3.8, 4) is 17.2 Å². The molecule has 0 saturated carbocycles. The lowest BCUT2D eigenvalue weighted by Crippen LogP contribution is -2.27. The van der Waals surface area contributed by atoms with Gasteiger partial charge in [-0.25, -0.2) is 0 Å². The number of rotatable bonds is 12. The maximum absolute atomic E-state index is 14.0. The molecule has 0 radical (unpaired) electrons. The molecule has 6 aromatic rings. The Kier molecular flexibility index (Phi) is 9.40. The fourth-order valence-corrected chi connectivity index (χ4v) is 6.67. The molecule has 0 N–H and O–H groups in total. The predicted molar refractivity (Wildman–Crippen MR) is 200 cm³/mol.